The molecule has 2 heterocycles. The maximum Gasteiger partial charge on any atom is 0.223 e. The van der Waals surface area contributed by atoms with E-state index in [2.05, 4.69) is 25.8 Å². The molecule has 0 spiro atoms. The SMILES string of the molecule is CN=C(NCc1noc(C)n1)NCc1ccco1.I. The first kappa shape index (κ1) is 15.5. The van der Waals surface area contributed by atoms with Crippen molar-refractivity contribution in [2.45, 2.75) is 20.0 Å². The van der Waals surface area contributed by atoms with E-state index in [1.807, 2.05) is 12.1 Å². The average molecular weight is 377 g/mol. The minimum atomic E-state index is 0. The Balaban J connectivity index is 0.00000180. The van der Waals surface area contributed by atoms with Crippen LogP contribution in [0.4, 0.5) is 0 Å². The highest BCUT2D eigenvalue weighted by atomic mass is 127. The van der Waals surface area contributed by atoms with Crippen LogP contribution in [0.2, 0.25) is 0 Å². The number of furan rings is 1. The predicted octanol–water partition coefficient (Wildman–Crippen LogP) is 1.45. The van der Waals surface area contributed by atoms with Crippen molar-refractivity contribution in [2.75, 3.05) is 7.05 Å². The lowest BCUT2D eigenvalue weighted by atomic mass is 10.4. The van der Waals surface area contributed by atoms with Gasteiger partial charge in [0.05, 0.1) is 19.4 Å². The Kier molecular flexibility index (Phi) is 6.33. The van der Waals surface area contributed by atoms with Crippen molar-refractivity contribution in [1.29, 1.82) is 0 Å². The molecule has 2 rings (SSSR count). The smallest absolute Gasteiger partial charge is 0.223 e. The first-order valence-electron chi connectivity index (χ1n) is 5.54. The lowest BCUT2D eigenvalue weighted by Gasteiger charge is -2.08. The predicted molar refractivity (Wildman–Crippen MR) is 80.2 cm³/mol. The van der Waals surface area contributed by atoms with Gasteiger partial charge in [-0.25, -0.2) is 0 Å². The number of aromatic nitrogens is 2. The summed E-state index contributed by atoms with van der Waals surface area (Å²) in [5.41, 5.74) is 0. The quantitative estimate of drug-likeness (QED) is 0.477. The van der Waals surface area contributed by atoms with Crippen LogP contribution in [0, 0.1) is 6.92 Å². The van der Waals surface area contributed by atoms with Gasteiger partial charge in [-0.15, -0.1) is 24.0 Å². The highest BCUT2D eigenvalue weighted by molar-refractivity contribution is 14.0. The maximum atomic E-state index is 5.21. The number of nitrogens with one attached hydrogen (secondary N) is 2. The lowest BCUT2D eigenvalue weighted by Crippen LogP contribution is -2.36. The number of aryl methyl sites for hydroxylation is 1. The number of nitrogens with zero attached hydrogens (tertiary/aromatic N) is 3. The molecule has 0 radical (unpaired) electrons. The van der Waals surface area contributed by atoms with Crippen LogP contribution in [0.1, 0.15) is 17.5 Å². The summed E-state index contributed by atoms with van der Waals surface area (Å²) >= 11 is 0. The molecule has 8 heteroatoms. The van der Waals surface area contributed by atoms with Gasteiger partial charge in [-0.2, -0.15) is 4.98 Å². The van der Waals surface area contributed by atoms with Gasteiger partial charge in [-0.3, -0.25) is 4.99 Å². The Hall–Kier alpha value is -1.58. The fourth-order valence-electron chi connectivity index (χ4n) is 1.38. The largest absolute Gasteiger partial charge is 0.467 e. The van der Waals surface area contributed by atoms with Crippen LogP contribution in [0.5, 0.6) is 0 Å². The summed E-state index contributed by atoms with van der Waals surface area (Å²) in [4.78, 5) is 8.16. The normalized spacial score (nSPS) is 10.9. The van der Waals surface area contributed by atoms with E-state index in [1.165, 1.54) is 0 Å². The van der Waals surface area contributed by atoms with Gasteiger partial charge in [0.2, 0.25) is 5.89 Å². The standard InChI is InChI=1S/C11H15N5O2.HI/c1-8-15-10(16-18-8)7-14-11(12-2)13-6-9-4-3-5-17-9;/h3-5H,6-7H2,1-2H3,(H2,12,13,14);1H. The van der Waals surface area contributed by atoms with Crippen LogP contribution in [0.25, 0.3) is 0 Å². The van der Waals surface area contributed by atoms with E-state index in [0.29, 0.717) is 30.8 Å². The Morgan fingerprint density at radius 1 is 1.37 bits per heavy atom. The highest BCUT2D eigenvalue weighted by Crippen LogP contribution is 1.98. The summed E-state index contributed by atoms with van der Waals surface area (Å²) in [5.74, 6) is 2.63. The summed E-state index contributed by atoms with van der Waals surface area (Å²) in [5, 5.41) is 9.96. The zero-order valence-electron chi connectivity index (χ0n) is 10.7. The van der Waals surface area contributed by atoms with Crippen LogP contribution in [0.3, 0.4) is 0 Å². The Bertz CT molecular complexity index is 509. The summed E-state index contributed by atoms with van der Waals surface area (Å²) < 4.78 is 10.1. The first-order chi connectivity index (χ1) is 8.78. The summed E-state index contributed by atoms with van der Waals surface area (Å²) in [6.07, 6.45) is 1.63. The lowest BCUT2D eigenvalue weighted by molar-refractivity contribution is 0.386. The van der Waals surface area contributed by atoms with Gasteiger partial charge in [-0.1, -0.05) is 5.16 Å². The van der Waals surface area contributed by atoms with Crippen molar-refractivity contribution in [3.05, 3.63) is 35.9 Å². The Morgan fingerprint density at radius 3 is 2.74 bits per heavy atom. The fraction of sp³-hybridized carbons (Fsp3) is 0.364. The molecule has 0 atom stereocenters. The zero-order valence-corrected chi connectivity index (χ0v) is 13.0. The van der Waals surface area contributed by atoms with Crippen LogP contribution in [-0.4, -0.2) is 23.1 Å². The third-order valence-corrected chi connectivity index (χ3v) is 2.22. The molecule has 0 fully saturated rings. The molecule has 0 aliphatic carbocycles. The van der Waals surface area contributed by atoms with Crippen LogP contribution in [0.15, 0.2) is 32.3 Å². The molecule has 2 N–H and O–H groups in total. The molecule has 2 aromatic heterocycles. The van der Waals surface area contributed by atoms with Crippen LogP contribution in [-0.2, 0) is 13.1 Å². The third-order valence-electron chi connectivity index (χ3n) is 2.22. The fourth-order valence-corrected chi connectivity index (χ4v) is 1.38. The number of aliphatic imine (C=N–C) groups is 1. The second-order valence-corrected chi connectivity index (χ2v) is 3.59. The van der Waals surface area contributed by atoms with E-state index in [1.54, 1.807) is 20.2 Å². The van der Waals surface area contributed by atoms with Crippen molar-refractivity contribution in [3.8, 4) is 0 Å². The molecule has 0 amide bonds. The van der Waals surface area contributed by atoms with Crippen molar-refractivity contribution in [3.63, 3.8) is 0 Å². The zero-order chi connectivity index (χ0) is 12.8. The van der Waals surface area contributed by atoms with E-state index in [4.69, 9.17) is 8.94 Å². The molecule has 2 aromatic rings. The van der Waals surface area contributed by atoms with Crippen LogP contribution < -0.4 is 10.6 Å². The van der Waals surface area contributed by atoms with Gasteiger partial charge in [0.25, 0.3) is 0 Å². The second-order valence-electron chi connectivity index (χ2n) is 3.59. The van der Waals surface area contributed by atoms with Crippen molar-refractivity contribution in [1.82, 2.24) is 20.8 Å². The Labute approximate surface area is 127 Å². The monoisotopic (exact) mass is 377 g/mol. The molecule has 0 aliphatic heterocycles. The topological polar surface area (TPSA) is 88.5 Å². The van der Waals surface area contributed by atoms with Crippen LogP contribution >= 0.6 is 24.0 Å². The van der Waals surface area contributed by atoms with Crippen molar-refractivity contribution < 1.29 is 8.94 Å². The van der Waals surface area contributed by atoms with Gasteiger partial charge in [0.15, 0.2) is 11.8 Å². The minimum Gasteiger partial charge on any atom is -0.467 e. The molecule has 0 saturated heterocycles. The Morgan fingerprint density at radius 2 is 2.16 bits per heavy atom. The molecule has 0 aliphatic rings. The summed E-state index contributed by atoms with van der Waals surface area (Å²) in [6.45, 7) is 2.77. The summed E-state index contributed by atoms with van der Waals surface area (Å²) in [6, 6.07) is 3.73. The maximum absolute atomic E-state index is 5.21. The molecule has 0 unspecified atom stereocenters. The van der Waals surface area contributed by atoms with Crippen molar-refractivity contribution in [2.24, 2.45) is 4.99 Å². The van der Waals surface area contributed by atoms with E-state index in [0.717, 1.165) is 5.76 Å². The van der Waals surface area contributed by atoms with Gasteiger partial charge >= 0.3 is 0 Å². The molecule has 0 saturated carbocycles. The van der Waals surface area contributed by atoms with Gasteiger partial charge in [0.1, 0.15) is 5.76 Å². The molecule has 0 bridgehead atoms. The molecular weight excluding hydrogens is 361 g/mol. The highest BCUT2D eigenvalue weighted by Gasteiger charge is 2.04. The summed E-state index contributed by atoms with van der Waals surface area (Å²) in [7, 11) is 1.69. The van der Waals surface area contributed by atoms with E-state index < -0.39 is 0 Å². The molecule has 104 valence electrons. The number of guanidine groups is 1. The van der Waals surface area contributed by atoms with E-state index in [9.17, 15) is 0 Å². The third kappa shape index (κ3) is 4.89. The van der Waals surface area contributed by atoms with Gasteiger partial charge < -0.3 is 19.6 Å². The molecule has 19 heavy (non-hydrogen) atoms. The molecule has 7 nitrogen and oxygen atoms in total. The van der Waals surface area contributed by atoms with Crippen molar-refractivity contribution >= 4 is 29.9 Å². The van der Waals surface area contributed by atoms with E-state index >= 15 is 0 Å². The van der Waals surface area contributed by atoms with Gasteiger partial charge in [-0.05, 0) is 12.1 Å². The molecule has 0 aromatic carbocycles. The number of hydrogen-bond donors (Lipinski definition) is 2. The second kappa shape index (κ2) is 7.77. The number of rotatable bonds is 4. The van der Waals surface area contributed by atoms with Gasteiger partial charge in [0, 0.05) is 14.0 Å². The number of halogens is 1. The number of hydrogen-bond acceptors (Lipinski definition) is 5. The molecular formula is C11H16IN5O2. The first-order valence-corrected chi connectivity index (χ1v) is 5.54. The van der Waals surface area contributed by atoms with E-state index in [-0.39, 0.29) is 24.0 Å². The minimum absolute atomic E-state index is 0. The average Bonchev–Trinajstić information content (AvgIpc) is 3.01.